The zero-order chi connectivity index (χ0) is 17.1. The Labute approximate surface area is 147 Å². The highest BCUT2D eigenvalue weighted by atomic mass is 16.5. The highest BCUT2D eigenvalue weighted by Crippen LogP contribution is 2.25. The Morgan fingerprint density at radius 2 is 1.96 bits per heavy atom. The van der Waals surface area contributed by atoms with Gasteiger partial charge in [0, 0.05) is 44.2 Å². The largest absolute Gasteiger partial charge is 0.381 e. The van der Waals surface area contributed by atoms with E-state index in [1.807, 2.05) is 35.2 Å². The Bertz CT molecular complexity index is 710. The molecule has 1 unspecified atom stereocenters. The Balaban J connectivity index is 1.34. The maximum atomic E-state index is 12.6. The van der Waals surface area contributed by atoms with Crippen molar-refractivity contribution < 1.29 is 14.1 Å². The molecule has 2 fully saturated rings. The highest BCUT2D eigenvalue weighted by Gasteiger charge is 2.32. The molecule has 0 radical (unpaired) electrons. The van der Waals surface area contributed by atoms with Crippen molar-refractivity contribution in [1.82, 2.24) is 15.0 Å². The number of benzene rings is 1. The van der Waals surface area contributed by atoms with Gasteiger partial charge in [-0.2, -0.15) is 4.98 Å². The predicted octanol–water partition coefficient (Wildman–Crippen LogP) is 2.55. The summed E-state index contributed by atoms with van der Waals surface area (Å²) in [5.41, 5.74) is 0.934. The van der Waals surface area contributed by atoms with E-state index < -0.39 is 0 Å². The number of amides is 1. The molecule has 2 aromatic rings. The fraction of sp³-hybridized carbons (Fsp3) is 0.526. The third kappa shape index (κ3) is 3.74. The summed E-state index contributed by atoms with van der Waals surface area (Å²) >= 11 is 0. The van der Waals surface area contributed by atoms with Crippen LogP contribution in [-0.4, -0.2) is 47.3 Å². The first-order valence-corrected chi connectivity index (χ1v) is 9.04. The van der Waals surface area contributed by atoms with Crippen molar-refractivity contribution in [3.05, 3.63) is 36.2 Å². The number of hydrogen-bond acceptors (Lipinski definition) is 5. The average Bonchev–Trinajstić information content (AvgIpc) is 3.33. The van der Waals surface area contributed by atoms with Crippen molar-refractivity contribution >= 4 is 5.91 Å². The minimum Gasteiger partial charge on any atom is -0.381 e. The maximum Gasteiger partial charge on any atom is 0.257 e. The summed E-state index contributed by atoms with van der Waals surface area (Å²) in [4.78, 5) is 19.1. The molecule has 0 bridgehead atoms. The third-order valence-corrected chi connectivity index (χ3v) is 5.13. The van der Waals surface area contributed by atoms with Crippen molar-refractivity contribution in [2.75, 3.05) is 26.3 Å². The topological polar surface area (TPSA) is 68.5 Å². The van der Waals surface area contributed by atoms with Gasteiger partial charge in [-0.3, -0.25) is 4.79 Å². The minimum atomic E-state index is 0.141. The standard InChI is InChI=1S/C19H23N3O3/c23-19(16-7-10-24-11-8-16)22-9-6-14(13-22)12-17-20-18(25-21-17)15-4-2-1-3-5-15/h1-5,14,16H,6-13H2. The van der Waals surface area contributed by atoms with Crippen LogP contribution in [0.2, 0.25) is 0 Å². The van der Waals surface area contributed by atoms with Gasteiger partial charge in [-0.05, 0) is 37.3 Å². The second kappa shape index (κ2) is 7.35. The van der Waals surface area contributed by atoms with Crippen LogP contribution in [0, 0.1) is 11.8 Å². The van der Waals surface area contributed by atoms with Crippen molar-refractivity contribution in [1.29, 1.82) is 0 Å². The van der Waals surface area contributed by atoms with E-state index in [9.17, 15) is 4.79 Å². The Hall–Kier alpha value is -2.21. The number of carbonyl (C=O) groups excluding carboxylic acids is 1. The SMILES string of the molecule is O=C(C1CCOCC1)N1CCC(Cc2noc(-c3ccccc3)n2)C1. The van der Waals surface area contributed by atoms with Crippen LogP contribution in [0.5, 0.6) is 0 Å². The van der Waals surface area contributed by atoms with Crippen molar-refractivity contribution in [2.45, 2.75) is 25.7 Å². The van der Waals surface area contributed by atoms with Crippen LogP contribution < -0.4 is 0 Å². The summed E-state index contributed by atoms with van der Waals surface area (Å²) in [5.74, 6) is 2.13. The molecule has 1 atom stereocenters. The summed E-state index contributed by atoms with van der Waals surface area (Å²) in [6.45, 7) is 3.05. The smallest absolute Gasteiger partial charge is 0.257 e. The molecule has 2 aliphatic rings. The molecule has 132 valence electrons. The zero-order valence-electron chi connectivity index (χ0n) is 14.3. The molecule has 2 saturated heterocycles. The number of rotatable bonds is 4. The summed E-state index contributed by atoms with van der Waals surface area (Å²) < 4.78 is 10.7. The Morgan fingerprint density at radius 1 is 1.16 bits per heavy atom. The second-order valence-electron chi connectivity index (χ2n) is 6.91. The number of hydrogen-bond donors (Lipinski definition) is 0. The number of nitrogens with zero attached hydrogens (tertiary/aromatic N) is 3. The highest BCUT2D eigenvalue weighted by molar-refractivity contribution is 5.79. The summed E-state index contributed by atoms with van der Waals surface area (Å²) in [7, 11) is 0. The van der Waals surface area contributed by atoms with E-state index in [4.69, 9.17) is 9.26 Å². The lowest BCUT2D eigenvalue weighted by Gasteiger charge is -2.26. The van der Waals surface area contributed by atoms with Gasteiger partial charge >= 0.3 is 0 Å². The van der Waals surface area contributed by atoms with Crippen LogP contribution in [0.3, 0.4) is 0 Å². The first kappa shape index (κ1) is 16.3. The Kier molecular flexibility index (Phi) is 4.78. The summed E-state index contributed by atoms with van der Waals surface area (Å²) in [6, 6.07) is 9.79. The van der Waals surface area contributed by atoms with Gasteiger partial charge in [0.1, 0.15) is 0 Å². The number of carbonyl (C=O) groups is 1. The second-order valence-corrected chi connectivity index (χ2v) is 6.91. The van der Waals surface area contributed by atoms with E-state index >= 15 is 0 Å². The molecular weight excluding hydrogens is 318 g/mol. The number of aromatic nitrogens is 2. The predicted molar refractivity (Wildman–Crippen MR) is 91.7 cm³/mol. The van der Waals surface area contributed by atoms with Crippen molar-refractivity contribution in [3.63, 3.8) is 0 Å². The molecule has 0 spiro atoms. The first-order chi connectivity index (χ1) is 12.3. The van der Waals surface area contributed by atoms with E-state index in [2.05, 4.69) is 10.1 Å². The van der Waals surface area contributed by atoms with Gasteiger partial charge in [0.25, 0.3) is 5.89 Å². The fourth-order valence-corrected chi connectivity index (χ4v) is 3.70. The van der Waals surface area contributed by atoms with Gasteiger partial charge in [-0.25, -0.2) is 0 Å². The minimum absolute atomic E-state index is 0.141. The average molecular weight is 341 g/mol. The van der Waals surface area contributed by atoms with Crippen LogP contribution >= 0.6 is 0 Å². The molecule has 1 amide bonds. The quantitative estimate of drug-likeness (QED) is 0.855. The maximum absolute atomic E-state index is 12.6. The lowest BCUT2D eigenvalue weighted by molar-refractivity contribution is -0.137. The summed E-state index contributed by atoms with van der Waals surface area (Å²) in [5, 5.41) is 4.11. The molecule has 0 N–H and O–H groups in total. The van der Waals surface area contributed by atoms with Gasteiger partial charge in [0.15, 0.2) is 5.82 Å². The van der Waals surface area contributed by atoms with E-state index in [0.717, 1.165) is 50.2 Å². The molecule has 4 rings (SSSR count). The van der Waals surface area contributed by atoms with Crippen LogP contribution in [0.15, 0.2) is 34.9 Å². The first-order valence-electron chi connectivity index (χ1n) is 9.04. The van der Waals surface area contributed by atoms with Crippen molar-refractivity contribution in [2.24, 2.45) is 11.8 Å². The molecule has 2 aliphatic heterocycles. The molecule has 3 heterocycles. The van der Waals surface area contributed by atoms with E-state index in [0.29, 0.717) is 30.9 Å². The third-order valence-electron chi connectivity index (χ3n) is 5.13. The van der Waals surface area contributed by atoms with E-state index in [1.54, 1.807) is 0 Å². The monoisotopic (exact) mass is 341 g/mol. The van der Waals surface area contributed by atoms with Crippen LogP contribution in [-0.2, 0) is 16.0 Å². The van der Waals surface area contributed by atoms with Gasteiger partial charge in [-0.15, -0.1) is 0 Å². The van der Waals surface area contributed by atoms with E-state index in [1.165, 1.54) is 0 Å². The zero-order valence-corrected chi connectivity index (χ0v) is 14.3. The molecular formula is C19H23N3O3. The molecule has 1 aromatic carbocycles. The fourth-order valence-electron chi connectivity index (χ4n) is 3.70. The Morgan fingerprint density at radius 3 is 2.76 bits per heavy atom. The van der Waals surface area contributed by atoms with Crippen LogP contribution in [0.1, 0.15) is 25.1 Å². The molecule has 0 aliphatic carbocycles. The molecule has 0 saturated carbocycles. The van der Waals surface area contributed by atoms with Gasteiger partial charge in [0.05, 0.1) is 0 Å². The number of ether oxygens (including phenoxy) is 1. The molecule has 6 nitrogen and oxygen atoms in total. The van der Waals surface area contributed by atoms with Crippen LogP contribution in [0.4, 0.5) is 0 Å². The lowest BCUT2D eigenvalue weighted by atomic mass is 9.99. The van der Waals surface area contributed by atoms with Gasteiger partial charge in [-0.1, -0.05) is 23.4 Å². The molecule has 1 aromatic heterocycles. The van der Waals surface area contributed by atoms with Gasteiger partial charge in [0.2, 0.25) is 5.91 Å². The molecule has 6 heteroatoms. The summed E-state index contributed by atoms with van der Waals surface area (Å²) in [6.07, 6.45) is 3.47. The van der Waals surface area contributed by atoms with Crippen LogP contribution in [0.25, 0.3) is 11.5 Å². The van der Waals surface area contributed by atoms with Crippen molar-refractivity contribution in [3.8, 4) is 11.5 Å². The lowest BCUT2D eigenvalue weighted by Crippen LogP contribution is -2.37. The molecule has 25 heavy (non-hydrogen) atoms. The van der Waals surface area contributed by atoms with E-state index in [-0.39, 0.29) is 5.92 Å². The normalized spacial score (nSPS) is 21.6. The number of likely N-dealkylation sites (tertiary alicyclic amines) is 1. The van der Waals surface area contributed by atoms with Gasteiger partial charge < -0.3 is 14.2 Å².